The molecule has 2 rings (SSSR count). The molecular formula is C14H12BrFN2O2. The van der Waals surface area contributed by atoms with E-state index in [9.17, 15) is 14.5 Å². The van der Waals surface area contributed by atoms with Gasteiger partial charge in [0.25, 0.3) is 5.69 Å². The number of nitro groups is 1. The Morgan fingerprint density at radius 1 is 1.35 bits per heavy atom. The van der Waals surface area contributed by atoms with Gasteiger partial charge in [-0.25, -0.2) is 4.39 Å². The molecule has 6 heteroatoms. The quantitative estimate of drug-likeness (QED) is 0.663. The van der Waals surface area contributed by atoms with Crippen molar-refractivity contribution in [3.8, 4) is 0 Å². The fourth-order valence-corrected chi connectivity index (χ4v) is 2.22. The number of nitrogens with one attached hydrogen (secondary N) is 1. The van der Waals surface area contributed by atoms with Gasteiger partial charge in [0, 0.05) is 11.0 Å². The molecule has 0 aliphatic heterocycles. The highest BCUT2D eigenvalue weighted by atomic mass is 79.9. The molecule has 2 aromatic carbocycles. The Morgan fingerprint density at radius 3 is 2.70 bits per heavy atom. The third kappa shape index (κ3) is 3.14. The summed E-state index contributed by atoms with van der Waals surface area (Å²) in [7, 11) is 0. The van der Waals surface area contributed by atoms with Gasteiger partial charge in [0.2, 0.25) is 0 Å². The molecule has 0 atom stereocenters. The SMILES string of the molecule is Cc1cc(NCc2ccccc2Br)c([N+](=O)[O-])cc1F. The summed E-state index contributed by atoms with van der Waals surface area (Å²) in [5, 5.41) is 13.9. The van der Waals surface area contributed by atoms with Crippen LogP contribution in [0.4, 0.5) is 15.8 Å². The van der Waals surface area contributed by atoms with Crippen molar-refractivity contribution in [3.63, 3.8) is 0 Å². The van der Waals surface area contributed by atoms with E-state index < -0.39 is 10.7 Å². The number of nitrogens with zero attached hydrogens (tertiary/aromatic N) is 1. The van der Waals surface area contributed by atoms with Crippen LogP contribution in [0, 0.1) is 22.9 Å². The molecule has 0 aromatic heterocycles. The first-order chi connectivity index (χ1) is 9.49. The van der Waals surface area contributed by atoms with Crippen LogP contribution in [0.1, 0.15) is 11.1 Å². The number of benzene rings is 2. The number of aryl methyl sites for hydroxylation is 1. The molecule has 0 unspecified atom stereocenters. The van der Waals surface area contributed by atoms with Crippen LogP contribution in [0.2, 0.25) is 0 Å². The maximum Gasteiger partial charge on any atom is 0.295 e. The number of halogens is 2. The first-order valence-corrected chi connectivity index (χ1v) is 6.70. The molecule has 0 aliphatic carbocycles. The highest BCUT2D eigenvalue weighted by Gasteiger charge is 2.16. The van der Waals surface area contributed by atoms with Crippen molar-refractivity contribution in [2.24, 2.45) is 0 Å². The van der Waals surface area contributed by atoms with Crippen molar-refractivity contribution < 1.29 is 9.31 Å². The zero-order valence-electron chi connectivity index (χ0n) is 10.7. The third-order valence-corrected chi connectivity index (χ3v) is 3.67. The molecule has 0 heterocycles. The minimum Gasteiger partial charge on any atom is -0.375 e. The number of rotatable bonds is 4. The van der Waals surface area contributed by atoms with E-state index in [1.165, 1.54) is 6.07 Å². The van der Waals surface area contributed by atoms with Crippen molar-refractivity contribution in [2.45, 2.75) is 13.5 Å². The lowest BCUT2D eigenvalue weighted by molar-refractivity contribution is -0.384. The Bertz CT molecular complexity index is 662. The number of nitro benzene ring substituents is 1. The topological polar surface area (TPSA) is 55.2 Å². The van der Waals surface area contributed by atoms with Gasteiger partial charge >= 0.3 is 0 Å². The molecule has 0 aliphatic rings. The first kappa shape index (κ1) is 14.5. The summed E-state index contributed by atoms with van der Waals surface area (Å²) < 4.78 is 14.3. The van der Waals surface area contributed by atoms with Crippen molar-refractivity contribution >= 4 is 27.3 Å². The van der Waals surface area contributed by atoms with Crippen LogP contribution >= 0.6 is 15.9 Å². The van der Waals surface area contributed by atoms with Crippen molar-refractivity contribution in [3.05, 3.63) is 67.9 Å². The maximum absolute atomic E-state index is 13.4. The molecular weight excluding hydrogens is 327 g/mol. The van der Waals surface area contributed by atoms with E-state index in [0.717, 1.165) is 16.1 Å². The van der Waals surface area contributed by atoms with Crippen molar-refractivity contribution in [1.29, 1.82) is 0 Å². The summed E-state index contributed by atoms with van der Waals surface area (Å²) in [5.74, 6) is -0.580. The molecule has 4 nitrogen and oxygen atoms in total. The van der Waals surface area contributed by atoms with Gasteiger partial charge in [-0.3, -0.25) is 10.1 Å². The molecule has 0 amide bonds. The minimum absolute atomic E-state index is 0.264. The molecule has 1 N–H and O–H groups in total. The van der Waals surface area contributed by atoms with Gasteiger partial charge in [-0.1, -0.05) is 34.1 Å². The monoisotopic (exact) mass is 338 g/mol. The second kappa shape index (κ2) is 6.00. The predicted molar refractivity (Wildman–Crippen MR) is 79.3 cm³/mol. The number of hydrogen-bond donors (Lipinski definition) is 1. The van der Waals surface area contributed by atoms with E-state index in [0.29, 0.717) is 17.8 Å². The van der Waals surface area contributed by atoms with Gasteiger partial charge in [-0.05, 0) is 30.2 Å². The van der Waals surface area contributed by atoms with Crippen LogP contribution in [0.15, 0.2) is 40.9 Å². The average Bonchev–Trinajstić information content (AvgIpc) is 2.41. The van der Waals surface area contributed by atoms with E-state index in [1.807, 2.05) is 24.3 Å². The molecule has 2 aromatic rings. The van der Waals surface area contributed by atoms with Gasteiger partial charge in [0.05, 0.1) is 11.0 Å². The zero-order valence-corrected chi connectivity index (χ0v) is 12.3. The van der Waals surface area contributed by atoms with Crippen LogP contribution in [0.5, 0.6) is 0 Å². The van der Waals surface area contributed by atoms with E-state index in [4.69, 9.17) is 0 Å². The lowest BCUT2D eigenvalue weighted by Crippen LogP contribution is -2.04. The first-order valence-electron chi connectivity index (χ1n) is 5.91. The van der Waals surface area contributed by atoms with Crippen LogP contribution < -0.4 is 5.32 Å². The Labute approximate surface area is 123 Å². The summed E-state index contributed by atoms with van der Waals surface area (Å²) in [5.41, 5.74) is 1.37. The highest BCUT2D eigenvalue weighted by molar-refractivity contribution is 9.10. The highest BCUT2D eigenvalue weighted by Crippen LogP contribution is 2.28. The normalized spacial score (nSPS) is 10.3. The lowest BCUT2D eigenvalue weighted by Gasteiger charge is -2.10. The Morgan fingerprint density at radius 2 is 2.05 bits per heavy atom. The molecule has 0 saturated heterocycles. The largest absolute Gasteiger partial charge is 0.375 e. The fraction of sp³-hybridized carbons (Fsp3) is 0.143. The molecule has 20 heavy (non-hydrogen) atoms. The summed E-state index contributed by atoms with van der Waals surface area (Å²) >= 11 is 3.41. The summed E-state index contributed by atoms with van der Waals surface area (Å²) in [6, 6.07) is 9.95. The molecule has 0 radical (unpaired) electrons. The molecule has 0 bridgehead atoms. The van der Waals surface area contributed by atoms with Gasteiger partial charge < -0.3 is 5.32 Å². The number of hydrogen-bond acceptors (Lipinski definition) is 3. The maximum atomic E-state index is 13.4. The average molecular weight is 339 g/mol. The Kier molecular flexibility index (Phi) is 4.34. The summed E-state index contributed by atoms with van der Waals surface area (Å²) in [6.07, 6.45) is 0. The molecule has 0 spiro atoms. The summed E-state index contributed by atoms with van der Waals surface area (Å²) in [4.78, 5) is 10.4. The minimum atomic E-state index is -0.592. The van der Waals surface area contributed by atoms with Crippen LogP contribution in [0.3, 0.4) is 0 Å². The van der Waals surface area contributed by atoms with Gasteiger partial charge in [0.1, 0.15) is 11.5 Å². The van der Waals surface area contributed by atoms with Crippen LogP contribution in [0.25, 0.3) is 0 Å². The summed E-state index contributed by atoms with van der Waals surface area (Å²) in [6.45, 7) is 1.98. The molecule has 104 valence electrons. The Balaban J connectivity index is 2.27. The van der Waals surface area contributed by atoms with E-state index in [-0.39, 0.29) is 5.69 Å². The van der Waals surface area contributed by atoms with E-state index >= 15 is 0 Å². The van der Waals surface area contributed by atoms with Crippen LogP contribution in [-0.4, -0.2) is 4.92 Å². The van der Waals surface area contributed by atoms with Crippen molar-refractivity contribution in [1.82, 2.24) is 0 Å². The third-order valence-electron chi connectivity index (χ3n) is 2.90. The fourth-order valence-electron chi connectivity index (χ4n) is 1.80. The second-order valence-electron chi connectivity index (χ2n) is 4.32. The smallest absolute Gasteiger partial charge is 0.295 e. The lowest BCUT2D eigenvalue weighted by atomic mass is 10.1. The zero-order chi connectivity index (χ0) is 14.7. The molecule has 0 fully saturated rings. The van der Waals surface area contributed by atoms with Crippen LogP contribution in [-0.2, 0) is 6.54 Å². The standard InChI is InChI=1S/C14H12BrFN2O2/c1-9-6-13(14(18(19)20)7-12(9)16)17-8-10-4-2-3-5-11(10)15/h2-7,17H,8H2,1H3. The molecule has 0 saturated carbocycles. The van der Waals surface area contributed by atoms with Gasteiger partial charge in [-0.2, -0.15) is 0 Å². The predicted octanol–water partition coefficient (Wildman–Crippen LogP) is 4.42. The Hall–Kier alpha value is -1.95. The van der Waals surface area contributed by atoms with E-state index in [2.05, 4.69) is 21.2 Å². The van der Waals surface area contributed by atoms with Gasteiger partial charge in [-0.15, -0.1) is 0 Å². The van der Waals surface area contributed by atoms with Crippen molar-refractivity contribution in [2.75, 3.05) is 5.32 Å². The van der Waals surface area contributed by atoms with E-state index in [1.54, 1.807) is 6.92 Å². The van der Waals surface area contributed by atoms with Gasteiger partial charge in [0.15, 0.2) is 0 Å². The number of anilines is 1. The second-order valence-corrected chi connectivity index (χ2v) is 5.17.